The van der Waals surface area contributed by atoms with E-state index in [1.54, 1.807) is 28.4 Å². The summed E-state index contributed by atoms with van der Waals surface area (Å²) in [7, 11) is 7.18. The molecular formula is C70H88O6. The number of hydrogen-bond acceptors (Lipinski definition) is 6. The second-order valence-corrected chi connectivity index (χ2v) is 28.2. The Morgan fingerprint density at radius 3 is 0.645 bits per heavy atom. The van der Waals surface area contributed by atoms with Gasteiger partial charge < -0.3 is 23.4 Å². The lowest BCUT2D eigenvalue weighted by Crippen LogP contribution is -2.17. The molecule has 0 atom stereocenters. The fourth-order valence-corrected chi connectivity index (χ4v) is 11.2. The number of methoxy groups -OCH3 is 4. The van der Waals surface area contributed by atoms with Crippen LogP contribution in [0.3, 0.4) is 0 Å². The summed E-state index contributed by atoms with van der Waals surface area (Å²) in [6, 6.07) is 27.3. The van der Waals surface area contributed by atoms with Gasteiger partial charge in [-0.05, 0) is 123 Å². The topological polar surface area (TPSA) is 67.1 Å². The Kier molecular flexibility index (Phi) is 14.6. The minimum absolute atomic E-state index is 0.0270. The Morgan fingerprint density at radius 2 is 0.461 bits per heavy atom. The molecule has 1 aliphatic rings. The number of hydrogen-bond donors (Lipinski definition) is 0. The maximum Gasteiger partial charge on any atom is 0.200 e. The average molecular weight is 1030 g/mol. The van der Waals surface area contributed by atoms with E-state index in [1.807, 2.05) is 0 Å². The molecule has 404 valence electrons. The normalized spacial score (nSPS) is 14.0. The fraction of sp³-hybridized carbons (Fsp3) is 0.471. The van der Waals surface area contributed by atoms with Gasteiger partial charge in [-0.3, -0.25) is 4.79 Å². The molecule has 0 radical (unpaired) electrons. The first kappa shape index (κ1) is 56.2. The van der Waals surface area contributed by atoms with Crippen LogP contribution in [-0.2, 0) is 64.6 Å². The zero-order valence-corrected chi connectivity index (χ0v) is 50.4. The van der Waals surface area contributed by atoms with Crippen LogP contribution in [-0.4, -0.2) is 28.4 Å². The fourth-order valence-electron chi connectivity index (χ4n) is 11.2. The minimum atomic E-state index is -0.259. The van der Waals surface area contributed by atoms with Crippen LogP contribution in [0.15, 0.2) is 82.0 Å². The zero-order valence-electron chi connectivity index (χ0n) is 50.4. The summed E-state index contributed by atoms with van der Waals surface area (Å²) >= 11 is 0. The van der Waals surface area contributed by atoms with Gasteiger partial charge in [0.15, 0.2) is 0 Å². The maximum absolute atomic E-state index is 15.6. The molecule has 0 saturated carbocycles. The summed E-state index contributed by atoms with van der Waals surface area (Å²) < 4.78 is 33.8. The van der Waals surface area contributed by atoms with Gasteiger partial charge in [-0.1, -0.05) is 185 Å². The lowest BCUT2D eigenvalue weighted by molar-refractivity contribution is 0.396. The molecule has 0 saturated heterocycles. The molecule has 7 aromatic rings. The first-order valence-electron chi connectivity index (χ1n) is 27.5. The molecule has 1 aliphatic heterocycles. The molecule has 6 aromatic carbocycles. The predicted octanol–water partition coefficient (Wildman–Crippen LogP) is 17.0. The SMILES string of the molecule is COc1c2cc(C(C)(C)C)cc1Cc1cc(C(C)(C)C)cc(c1OC)Cc1cc(C(C)(C)C)cc3c(=O)c4cc(C(C)(C)C)cc(c4oc13)Cc1cc(C(C)(C)C)cc(c1OC)Cc1cc(C(C)(C)C)cc(c1OC)C2. The molecule has 2 heterocycles. The third kappa shape index (κ3) is 11.1. The van der Waals surface area contributed by atoms with Gasteiger partial charge in [-0.15, -0.1) is 0 Å². The van der Waals surface area contributed by atoms with E-state index >= 15 is 4.79 Å². The number of rotatable bonds is 4. The van der Waals surface area contributed by atoms with Crippen LogP contribution >= 0.6 is 0 Å². The van der Waals surface area contributed by atoms with Crippen molar-refractivity contribution in [2.24, 2.45) is 0 Å². The first-order valence-corrected chi connectivity index (χ1v) is 27.5. The largest absolute Gasteiger partial charge is 0.496 e. The number of fused-ring (bicyclic) bond motifs is 8. The monoisotopic (exact) mass is 1020 g/mol. The van der Waals surface area contributed by atoms with Gasteiger partial charge in [0.2, 0.25) is 5.43 Å². The van der Waals surface area contributed by atoms with Crippen molar-refractivity contribution in [2.45, 2.75) is 189 Å². The van der Waals surface area contributed by atoms with Gasteiger partial charge >= 0.3 is 0 Å². The van der Waals surface area contributed by atoms with E-state index in [0.29, 0.717) is 54.0 Å². The first-order chi connectivity index (χ1) is 35.1. The Labute approximate surface area is 455 Å². The van der Waals surface area contributed by atoms with E-state index in [-0.39, 0.29) is 37.9 Å². The summed E-state index contributed by atoms with van der Waals surface area (Å²) in [5, 5.41) is 1.17. The van der Waals surface area contributed by atoms with E-state index in [9.17, 15) is 0 Å². The van der Waals surface area contributed by atoms with Crippen molar-refractivity contribution < 1.29 is 23.4 Å². The van der Waals surface area contributed by atoms with Crippen molar-refractivity contribution >= 4 is 21.9 Å². The Balaban J connectivity index is 1.58. The quantitative estimate of drug-likeness (QED) is 0.164. The van der Waals surface area contributed by atoms with E-state index in [4.69, 9.17) is 23.4 Å². The number of benzene rings is 6. The summed E-state index contributed by atoms with van der Waals surface area (Å²) in [5.74, 6) is 3.35. The maximum atomic E-state index is 15.6. The number of ether oxygens (including phenoxy) is 4. The van der Waals surface area contributed by atoms with Gasteiger partial charge in [0.25, 0.3) is 0 Å². The lowest BCUT2D eigenvalue weighted by Gasteiger charge is -2.28. The Bertz CT molecular complexity index is 3220. The van der Waals surface area contributed by atoms with Gasteiger partial charge in [0.1, 0.15) is 34.2 Å². The molecule has 0 unspecified atom stereocenters. The molecule has 1 aromatic heterocycles. The summed E-state index contributed by atoms with van der Waals surface area (Å²) in [4.78, 5) is 15.6. The molecule has 0 aliphatic carbocycles. The molecule has 0 spiro atoms. The van der Waals surface area contributed by atoms with Crippen LogP contribution in [0.1, 0.15) is 214 Å². The van der Waals surface area contributed by atoms with Crippen molar-refractivity contribution in [3.63, 3.8) is 0 Å². The highest BCUT2D eigenvalue weighted by Gasteiger charge is 2.30. The highest BCUT2D eigenvalue weighted by Crippen LogP contribution is 2.45. The molecule has 8 rings (SSSR count). The third-order valence-corrected chi connectivity index (χ3v) is 15.9. The van der Waals surface area contributed by atoms with Crippen LogP contribution in [0.2, 0.25) is 0 Å². The van der Waals surface area contributed by atoms with Gasteiger partial charge in [0.05, 0.1) is 39.2 Å². The van der Waals surface area contributed by atoms with Crippen LogP contribution in [0.25, 0.3) is 21.9 Å². The Hall–Kier alpha value is -6.01. The second kappa shape index (κ2) is 19.8. The molecule has 0 N–H and O–H groups in total. The van der Waals surface area contributed by atoms with Crippen LogP contribution in [0.5, 0.6) is 23.0 Å². The lowest BCUT2D eigenvalue weighted by atomic mass is 9.79. The van der Waals surface area contributed by atoms with Gasteiger partial charge in [0, 0.05) is 43.2 Å². The smallest absolute Gasteiger partial charge is 0.200 e. The van der Waals surface area contributed by atoms with Crippen molar-refractivity contribution in [3.8, 4) is 23.0 Å². The van der Waals surface area contributed by atoms with Gasteiger partial charge in [-0.2, -0.15) is 0 Å². The third-order valence-electron chi connectivity index (χ3n) is 15.9. The van der Waals surface area contributed by atoms with Crippen LogP contribution in [0.4, 0.5) is 0 Å². The average Bonchev–Trinajstić information content (AvgIpc) is 3.32. The second-order valence-electron chi connectivity index (χ2n) is 28.2. The van der Waals surface area contributed by atoms with Gasteiger partial charge in [-0.25, -0.2) is 0 Å². The summed E-state index contributed by atoms with van der Waals surface area (Å²) in [6.07, 6.45) is 2.69. The van der Waals surface area contributed by atoms with Crippen molar-refractivity contribution in [3.05, 3.63) is 172 Å². The highest BCUT2D eigenvalue weighted by molar-refractivity contribution is 5.94. The standard InChI is InChI=1S/C70H88O6/c1-65(2,3)50-28-40-23-41-29-51(66(4,5)6)31-43(60(41)73-20)25-45-33-53(68(10,11)12)35-47(62(45)75-22)27-49-37-55(70(16,17)18)39-57-58(71)56-38-54(69(13,14)15)36-48(63(56)76-64(49)57)26-46-34-52(67(7,8)9)32-44(61(46)74-21)24-42(30-50)59(40)72-19/h28-39H,23-27H2,1-22H3. The molecule has 76 heavy (non-hydrogen) atoms. The molecular weight excluding hydrogens is 937 g/mol. The molecule has 0 amide bonds. The van der Waals surface area contributed by atoms with Crippen molar-refractivity contribution in [1.29, 1.82) is 0 Å². The highest BCUT2D eigenvalue weighted by atomic mass is 16.5. The van der Waals surface area contributed by atoms with E-state index in [2.05, 4.69) is 197 Å². The van der Waals surface area contributed by atoms with E-state index in [1.165, 1.54) is 22.3 Å². The summed E-state index contributed by atoms with van der Waals surface area (Å²) in [5.41, 5.74) is 17.4. The molecule has 10 bridgehead atoms. The Morgan fingerprint density at radius 1 is 0.289 bits per heavy atom. The molecule has 6 nitrogen and oxygen atoms in total. The van der Waals surface area contributed by atoms with E-state index in [0.717, 1.165) is 89.8 Å². The van der Waals surface area contributed by atoms with Crippen molar-refractivity contribution in [2.75, 3.05) is 28.4 Å². The summed E-state index contributed by atoms with van der Waals surface area (Å²) in [6.45, 7) is 40.6. The molecule has 6 heteroatoms. The van der Waals surface area contributed by atoms with Crippen molar-refractivity contribution in [1.82, 2.24) is 0 Å². The molecule has 0 fully saturated rings. The van der Waals surface area contributed by atoms with E-state index < -0.39 is 0 Å². The van der Waals surface area contributed by atoms with Crippen LogP contribution in [0, 0.1) is 0 Å². The minimum Gasteiger partial charge on any atom is -0.496 e. The zero-order chi connectivity index (χ0) is 56.0. The van der Waals surface area contributed by atoms with Crippen LogP contribution < -0.4 is 24.4 Å². The predicted molar refractivity (Wildman–Crippen MR) is 318 cm³/mol.